The molecular weight excluding hydrogens is 803 g/mol. The van der Waals surface area contributed by atoms with Crippen molar-refractivity contribution in [2.45, 2.75) is 92.2 Å². The summed E-state index contributed by atoms with van der Waals surface area (Å²) in [5, 5.41) is 12.7. The van der Waals surface area contributed by atoms with Gasteiger partial charge >= 0.3 is 0 Å². The van der Waals surface area contributed by atoms with Gasteiger partial charge in [-0.1, -0.05) is 177 Å². The summed E-state index contributed by atoms with van der Waals surface area (Å²) >= 11 is 0. The summed E-state index contributed by atoms with van der Waals surface area (Å²) in [5.41, 5.74) is 9.68. The van der Waals surface area contributed by atoms with Crippen LogP contribution in [0.15, 0.2) is 164 Å². The average Bonchev–Trinajstić information content (AvgIpc) is 3.78. The van der Waals surface area contributed by atoms with E-state index in [9.17, 15) is 5.11 Å². The van der Waals surface area contributed by atoms with Crippen molar-refractivity contribution >= 4 is 11.0 Å². The lowest BCUT2D eigenvalue weighted by molar-refractivity contribution is 0.446. The fourth-order valence-electron chi connectivity index (χ4n) is 9.17. The van der Waals surface area contributed by atoms with Gasteiger partial charge in [-0.3, -0.25) is 9.55 Å². The fraction of sp³-hybridized carbons (Fsp3) is 0.226. The summed E-state index contributed by atoms with van der Waals surface area (Å²) in [4.78, 5) is 10.7. The number of pyridine rings is 1. The van der Waals surface area contributed by atoms with E-state index < -0.39 is 31.4 Å². The highest BCUT2D eigenvalue weighted by molar-refractivity contribution is 5.99. The number of aryl methyl sites for hydroxylation is 1. The van der Waals surface area contributed by atoms with E-state index in [1.54, 1.807) is 18.2 Å². The number of phenolic OH excluding ortho intramolecular Hbond substituents is 1. The largest absolute Gasteiger partial charge is 0.507 e. The molecule has 0 bridgehead atoms. The number of aromatic nitrogens is 3. The van der Waals surface area contributed by atoms with Crippen LogP contribution in [0, 0.1) is 13.8 Å². The van der Waals surface area contributed by atoms with Crippen LogP contribution in [-0.2, 0) is 16.2 Å². The third kappa shape index (κ3) is 8.26. The maximum Gasteiger partial charge on any atom is 0.149 e. The number of aromatic hydroxyl groups is 1. The lowest BCUT2D eigenvalue weighted by atomic mass is 9.79. The normalized spacial score (nSPS) is 14.8. The van der Waals surface area contributed by atoms with Crippen LogP contribution in [0.25, 0.3) is 83.9 Å². The van der Waals surface area contributed by atoms with Gasteiger partial charge in [0.1, 0.15) is 11.6 Å². The minimum Gasteiger partial charge on any atom is -0.507 e. The van der Waals surface area contributed by atoms with Crippen molar-refractivity contribution in [2.24, 2.45) is 0 Å². The van der Waals surface area contributed by atoms with Gasteiger partial charge in [-0.25, -0.2) is 4.98 Å². The van der Waals surface area contributed by atoms with E-state index >= 15 is 0 Å². The van der Waals surface area contributed by atoms with Crippen molar-refractivity contribution in [3.8, 4) is 78.6 Å². The van der Waals surface area contributed by atoms with E-state index in [2.05, 4.69) is 77.1 Å². The summed E-state index contributed by atoms with van der Waals surface area (Å²) < 4.78 is 79.8. The van der Waals surface area contributed by atoms with Crippen LogP contribution in [0.1, 0.15) is 102 Å². The van der Waals surface area contributed by atoms with E-state index in [4.69, 9.17) is 22.3 Å². The zero-order valence-corrected chi connectivity index (χ0v) is 38.9. The number of hydrogen-bond donors (Lipinski definition) is 1. The highest BCUT2D eigenvalue weighted by Gasteiger charge is 2.30. The molecule has 0 atom stereocenters. The molecule has 4 heteroatoms. The number of rotatable bonds is 7. The summed E-state index contributed by atoms with van der Waals surface area (Å²) in [6, 6.07) is 50.2. The van der Waals surface area contributed by atoms with Crippen LogP contribution < -0.4 is 0 Å². The van der Waals surface area contributed by atoms with Crippen LogP contribution in [-0.4, -0.2) is 19.6 Å². The number of nitrogens with zero attached hydrogens (tertiary/aromatic N) is 3. The molecule has 330 valence electrons. The third-order valence-corrected chi connectivity index (χ3v) is 12.7. The van der Waals surface area contributed by atoms with Crippen molar-refractivity contribution in [1.29, 1.82) is 0 Å². The maximum absolute atomic E-state index is 12.7. The van der Waals surface area contributed by atoms with Crippen molar-refractivity contribution in [2.75, 3.05) is 0 Å². The molecule has 9 aromatic rings. The molecule has 0 aliphatic carbocycles. The predicted octanol–water partition coefficient (Wildman–Crippen LogP) is 16.6. The Balaban J connectivity index is 1.42. The Labute approximate surface area is 404 Å². The summed E-state index contributed by atoms with van der Waals surface area (Å²) in [7, 11) is 0. The molecule has 0 spiro atoms. The van der Waals surface area contributed by atoms with Gasteiger partial charge in [0.05, 0.1) is 28.0 Å². The molecule has 0 aliphatic rings. The molecule has 0 fully saturated rings. The van der Waals surface area contributed by atoms with E-state index in [1.165, 1.54) is 12.1 Å². The number of phenols is 1. The van der Waals surface area contributed by atoms with Gasteiger partial charge in [0.15, 0.2) is 0 Å². The number of benzene rings is 7. The van der Waals surface area contributed by atoms with Crippen LogP contribution in [0.5, 0.6) is 5.75 Å². The Bertz CT molecular complexity index is 3570. The molecule has 7 aromatic carbocycles. The number of fused-ring (bicyclic) bond motifs is 1. The second kappa shape index (κ2) is 16.7. The van der Waals surface area contributed by atoms with E-state index in [-0.39, 0.29) is 16.7 Å². The molecule has 0 radical (unpaired) electrons. The Hall–Kier alpha value is -7.04. The van der Waals surface area contributed by atoms with Gasteiger partial charge in [0.2, 0.25) is 0 Å². The first-order chi connectivity index (χ1) is 35.1. The second-order valence-corrected chi connectivity index (χ2v) is 19.5. The first kappa shape index (κ1) is 34.3. The van der Waals surface area contributed by atoms with Crippen LogP contribution in [0.3, 0.4) is 0 Å². The minimum atomic E-state index is -3.49. The molecule has 4 nitrogen and oxygen atoms in total. The maximum atomic E-state index is 12.7. The van der Waals surface area contributed by atoms with Crippen molar-refractivity contribution in [3.63, 3.8) is 0 Å². The SMILES string of the molecule is [2H]C([2H])([2H])C(c1ccc(-n2c(-c3cc(C(C)(C)C)cc(C(C)(C)C)c3O)nc3c(-c4cc(-c5ccccc5)cc(-c5ncc(C)c(-c6ccccc6)c5C)c4)cccc32)c(-c2ccccc2)c1)(C([2H])([2H])[2H])C([2H])([2H])[2H]. The fourth-order valence-corrected chi connectivity index (χ4v) is 9.17. The predicted molar refractivity (Wildman–Crippen MR) is 279 cm³/mol. The zero-order chi connectivity index (χ0) is 54.2. The molecule has 0 amide bonds. The van der Waals surface area contributed by atoms with Gasteiger partial charge in [-0.15, -0.1) is 0 Å². The first-order valence-corrected chi connectivity index (χ1v) is 22.5. The second-order valence-electron chi connectivity index (χ2n) is 19.5. The number of para-hydroxylation sites is 1. The Morgan fingerprint density at radius 2 is 1.12 bits per heavy atom. The van der Waals surface area contributed by atoms with E-state index in [0.29, 0.717) is 44.8 Å². The molecule has 2 heterocycles. The van der Waals surface area contributed by atoms with Crippen molar-refractivity contribution < 1.29 is 17.4 Å². The van der Waals surface area contributed by atoms with Gasteiger partial charge in [-0.2, -0.15) is 0 Å². The van der Waals surface area contributed by atoms with Gasteiger partial charge in [0.25, 0.3) is 0 Å². The Kier molecular flexibility index (Phi) is 8.71. The standard InChI is InChI=1S/C62H61N3O/c1-39-38-63-56(40(2)55(39)43-26-19-14-20-27-43)46-33-44(41-22-15-12-16-23-41)32-45(34-46)49-28-21-29-54-57(49)64-59(51-36-48(61(6,7)8)37-52(58(51)66)62(9,10)11)65(54)53-31-30-47(60(3,4)5)35-50(53)42-24-17-13-18-25-42/h12-38,66H,1-11H3/i3D3,4D3,5D3. The lowest BCUT2D eigenvalue weighted by Gasteiger charge is -2.28. The van der Waals surface area contributed by atoms with Crippen molar-refractivity contribution in [1.82, 2.24) is 14.5 Å². The van der Waals surface area contributed by atoms with Gasteiger partial charge < -0.3 is 5.11 Å². The lowest BCUT2D eigenvalue weighted by Crippen LogP contribution is -2.17. The highest BCUT2D eigenvalue weighted by atomic mass is 16.3. The first-order valence-electron chi connectivity index (χ1n) is 27.0. The average molecular weight is 873 g/mol. The Morgan fingerprint density at radius 3 is 1.76 bits per heavy atom. The molecular formula is C62H61N3O. The summed E-state index contributed by atoms with van der Waals surface area (Å²) in [6.07, 6.45) is 1.92. The topological polar surface area (TPSA) is 50.9 Å². The smallest absolute Gasteiger partial charge is 0.149 e. The molecule has 0 aliphatic heterocycles. The van der Waals surface area contributed by atoms with E-state index in [1.807, 2.05) is 116 Å². The quantitative estimate of drug-likeness (QED) is 0.174. The minimum absolute atomic E-state index is 0.0289. The zero-order valence-electron chi connectivity index (χ0n) is 47.9. The number of imidazole rings is 1. The van der Waals surface area contributed by atoms with Crippen molar-refractivity contribution in [3.05, 3.63) is 192 Å². The third-order valence-electron chi connectivity index (χ3n) is 12.7. The van der Waals surface area contributed by atoms with E-state index in [0.717, 1.165) is 61.3 Å². The Morgan fingerprint density at radius 1 is 0.515 bits per heavy atom. The molecule has 9 rings (SSSR count). The van der Waals surface area contributed by atoms with Crippen LogP contribution in [0.4, 0.5) is 0 Å². The van der Waals surface area contributed by atoms with Crippen LogP contribution >= 0.6 is 0 Å². The van der Waals surface area contributed by atoms with Gasteiger partial charge in [0, 0.05) is 40.8 Å². The van der Waals surface area contributed by atoms with Crippen LogP contribution in [0.2, 0.25) is 0 Å². The highest BCUT2D eigenvalue weighted by Crippen LogP contribution is 2.46. The summed E-state index contributed by atoms with van der Waals surface area (Å²) in [6.45, 7) is 6.18. The molecule has 2 aromatic heterocycles. The number of hydrogen-bond acceptors (Lipinski definition) is 3. The molecule has 0 saturated heterocycles. The molecule has 66 heavy (non-hydrogen) atoms. The van der Waals surface area contributed by atoms with Gasteiger partial charge in [-0.05, 0) is 128 Å². The molecule has 0 saturated carbocycles. The molecule has 1 N–H and O–H groups in total. The monoisotopic (exact) mass is 873 g/mol. The summed E-state index contributed by atoms with van der Waals surface area (Å²) in [5.74, 6) is 0.384. The molecule has 0 unspecified atom stereocenters.